The van der Waals surface area contributed by atoms with Crippen LogP contribution in [0.25, 0.3) is 0 Å². The van der Waals surface area contributed by atoms with Gasteiger partial charge in [0.15, 0.2) is 0 Å². The summed E-state index contributed by atoms with van der Waals surface area (Å²) in [6.45, 7) is 5.11. The minimum atomic E-state index is -0.114. The second-order valence-corrected chi connectivity index (χ2v) is 5.80. The van der Waals surface area contributed by atoms with Crippen molar-refractivity contribution in [1.29, 1.82) is 0 Å². The smallest absolute Gasteiger partial charge is 0.143 e. The van der Waals surface area contributed by atoms with Crippen LogP contribution in [-0.2, 0) is 9.53 Å². The standard InChI is InChI=1S/C13H23NO2/c1-10(2)14-9-12-4-6-13(16-3,7-5-12)8-11(12)15/h10,14H,4-9H2,1-3H3. The molecule has 16 heavy (non-hydrogen) atoms. The third-order valence-electron chi connectivity index (χ3n) is 4.47. The largest absolute Gasteiger partial charge is 0.378 e. The van der Waals surface area contributed by atoms with Crippen molar-refractivity contribution < 1.29 is 9.53 Å². The lowest BCUT2D eigenvalue weighted by Gasteiger charge is -2.51. The van der Waals surface area contributed by atoms with Gasteiger partial charge in [0, 0.05) is 31.5 Å². The monoisotopic (exact) mass is 225 g/mol. The summed E-state index contributed by atoms with van der Waals surface area (Å²) < 4.78 is 5.57. The number of ketones is 1. The van der Waals surface area contributed by atoms with Gasteiger partial charge in [-0.25, -0.2) is 0 Å². The molecule has 1 N–H and O–H groups in total. The Balaban J connectivity index is 2.05. The molecule has 0 atom stereocenters. The Labute approximate surface area is 97.9 Å². The Morgan fingerprint density at radius 1 is 1.31 bits per heavy atom. The second-order valence-electron chi connectivity index (χ2n) is 5.80. The maximum absolute atomic E-state index is 12.2. The molecule has 3 saturated carbocycles. The molecule has 0 aromatic heterocycles. The van der Waals surface area contributed by atoms with E-state index in [1.807, 2.05) is 0 Å². The Morgan fingerprint density at radius 2 is 1.94 bits per heavy atom. The normalized spacial score (nSPS) is 38.4. The predicted octanol–water partition coefficient (Wildman–Crippen LogP) is 1.90. The molecule has 3 rings (SSSR count). The van der Waals surface area contributed by atoms with Crippen LogP contribution in [0.4, 0.5) is 0 Å². The van der Waals surface area contributed by atoms with Crippen LogP contribution in [0.2, 0.25) is 0 Å². The lowest BCUT2D eigenvalue weighted by molar-refractivity contribution is -0.159. The molecule has 3 heteroatoms. The van der Waals surface area contributed by atoms with Crippen LogP contribution >= 0.6 is 0 Å². The van der Waals surface area contributed by atoms with E-state index in [-0.39, 0.29) is 11.0 Å². The number of fused-ring (bicyclic) bond motifs is 3. The fourth-order valence-corrected chi connectivity index (χ4v) is 3.07. The number of hydrogen-bond acceptors (Lipinski definition) is 3. The molecular weight excluding hydrogens is 202 g/mol. The van der Waals surface area contributed by atoms with Crippen LogP contribution in [0.5, 0.6) is 0 Å². The summed E-state index contributed by atoms with van der Waals surface area (Å²) in [7, 11) is 1.75. The van der Waals surface area contributed by atoms with Crippen molar-refractivity contribution in [2.45, 2.75) is 57.6 Å². The van der Waals surface area contributed by atoms with E-state index >= 15 is 0 Å². The number of Topliss-reactive ketones (excluding diaryl/α,β-unsaturated/α-hetero) is 1. The van der Waals surface area contributed by atoms with E-state index in [1.165, 1.54) is 0 Å². The number of hydrogen-bond donors (Lipinski definition) is 1. The van der Waals surface area contributed by atoms with Crippen molar-refractivity contribution >= 4 is 5.78 Å². The number of methoxy groups -OCH3 is 1. The Kier molecular flexibility index (Phi) is 3.10. The molecule has 3 fully saturated rings. The average molecular weight is 225 g/mol. The highest BCUT2D eigenvalue weighted by Crippen LogP contribution is 2.51. The number of nitrogens with one attached hydrogen (secondary N) is 1. The molecule has 0 spiro atoms. The molecule has 0 aromatic carbocycles. The lowest BCUT2D eigenvalue weighted by Crippen LogP contribution is -2.57. The van der Waals surface area contributed by atoms with Gasteiger partial charge in [-0.15, -0.1) is 0 Å². The second kappa shape index (κ2) is 4.11. The summed E-state index contributed by atoms with van der Waals surface area (Å²) in [6, 6.07) is 0.457. The van der Waals surface area contributed by atoms with E-state index in [0.29, 0.717) is 18.2 Å². The molecule has 0 heterocycles. The van der Waals surface area contributed by atoms with E-state index in [2.05, 4.69) is 19.2 Å². The highest BCUT2D eigenvalue weighted by Gasteiger charge is 2.54. The first kappa shape index (κ1) is 12.1. The molecule has 3 aliphatic carbocycles. The van der Waals surface area contributed by atoms with E-state index in [4.69, 9.17) is 4.74 Å². The van der Waals surface area contributed by atoms with Gasteiger partial charge in [-0.2, -0.15) is 0 Å². The summed E-state index contributed by atoms with van der Waals surface area (Å²) >= 11 is 0. The van der Waals surface area contributed by atoms with Crippen LogP contribution in [0.3, 0.4) is 0 Å². The van der Waals surface area contributed by atoms with E-state index in [1.54, 1.807) is 7.11 Å². The fraction of sp³-hybridized carbons (Fsp3) is 0.923. The molecule has 0 radical (unpaired) electrons. The number of ether oxygens (including phenoxy) is 1. The van der Waals surface area contributed by atoms with Crippen molar-refractivity contribution in [2.75, 3.05) is 13.7 Å². The lowest BCUT2D eigenvalue weighted by atomic mass is 9.57. The van der Waals surface area contributed by atoms with Gasteiger partial charge in [0.05, 0.1) is 5.60 Å². The highest BCUT2D eigenvalue weighted by atomic mass is 16.5. The molecule has 0 aromatic rings. The number of carbonyl (C=O) groups is 1. The molecule has 3 aliphatic rings. The first-order valence-electron chi connectivity index (χ1n) is 6.34. The maximum atomic E-state index is 12.2. The van der Waals surface area contributed by atoms with Crippen molar-refractivity contribution in [3.63, 3.8) is 0 Å². The van der Waals surface area contributed by atoms with Crippen LogP contribution < -0.4 is 5.32 Å². The van der Waals surface area contributed by atoms with Gasteiger partial charge in [-0.05, 0) is 25.7 Å². The minimum absolute atomic E-state index is 0.0788. The van der Waals surface area contributed by atoms with Gasteiger partial charge < -0.3 is 10.1 Å². The molecule has 0 saturated heterocycles. The molecule has 0 amide bonds. The van der Waals surface area contributed by atoms with Crippen molar-refractivity contribution in [3.05, 3.63) is 0 Å². The summed E-state index contributed by atoms with van der Waals surface area (Å²) in [4.78, 5) is 12.2. The molecule has 3 nitrogen and oxygen atoms in total. The Morgan fingerprint density at radius 3 is 2.38 bits per heavy atom. The summed E-state index contributed by atoms with van der Waals surface area (Å²) in [6.07, 6.45) is 4.73. The van der Waals surface area contributed by atoms with Crippen molar-refractivity contribution in [3.8, 4) is 0 Å². The van der Waals surface area contributed by atoms with Crippen molar-refractivity contribution in [1.82, 2.24) is 5.32 Å². The minimum Gasteiger partial charge on any atom is -0.378 e. The molecule has 0 unspecified atom stereocenters. The first-order chi connectivity index (χ1) is 7.52. The molecule has 0 aliphatic heterocycles. The first-order valence-corrected chi connectivity index (χ1v) is 6.34. The van der Waals surface area contributed by atoms with Gasteiger partial charge in [0.2, 0.25) is 0 Å². The third kappa shape index (κ3) is 1.91. The zero-order valence-electron chi connectivity index (χ0n) is 10.6. The molecule has 2 bridgehead atoms. The quantitative estimate of drug-likeness (QED) is 0.794. The Hall–Kier alpha value is -0.410. The topological polar surface area (TPSA) is 38.3 Å². The van der Waals surface area contributed by atoms with E-state index in [9.17, 15) is 4.79 Å². The van der Waals surface area contributed by atoms with Gasteiger partial charge in [0.1, 0.15) is 5.78 Å². The summed E-state index contributed by atoms with van der Waals surface area (Å²) in [5, 5.41) is 3.43. The van der Waals surface area contributed by atoms with Gasteiger partial charge in [-0.3, -0.25) is 4.79 Å². The molecular formula is C13H23NO2. The highest BCUT2D eigenvalue weighted by molar-refractivity contribution is 5.88. The van der Waals surface area contributed by atoms with Crippen LogP contribution in [0.1, 0.15) is 46.0 Å². The summed E-state index contributed by atoms with van der Waals surface area (Å²) in [5.74, 6) is 0.417. The predicted molar refractivity (Wildman–Crippen MR) is 63.4 cm³/mol. The van der Waals surface area contributed by atoms with Gasteiger partial charge >= 0.3 is 0 Å². The van der Waals surface area contributed by atoms with Gasteiger partial charge in [0.25, 0.3) is 0 Å². The zero-order valence-corrected chi connectivity index (χ0v) is 10.6. The third-order valence-corrected chi connectivity index (χ3v) is 4.47. The number of carbonyl (C=O) groups excluding carboxylic acids is 1. The zero-order chi connectivity index (χ0) is 11.8. The van der Waals surface area contributed by atoms with Crippen LogP contribution in [0, 0.1) is 5.41 Å². The van der Waals surface area contributed by atoms with E-state index < -0.39 is 0 Å². The van der Waals surface area contributed by atoms with Crippen LogP contribution in [0.15, 0.2) is 0 Å². The summed E-state index contributed by atoms with van der Waals surface area (Å²) in [5.41, 5.74) is -0.193. The maximum Gasteiger partial charge on any atom is 0.143 e. The average Bonchev–Trinajstić information content (AvgIpc) is 2.28. The van der Waals surface area contributed by atoms with Gasteiger partial charge in [-0.1, -0.05) is 13.8 Å². The number of rotatable bonds is 4. The molecule has 92 valence electrons. The Bertz CT molecular complexity index is 278. The van der Waals surface area contributed by atoms with Crippen molar-refractivity contribution in [2.24, 2.45) is 5.41 Å². The SMILES string of the molecule is COC12CCC(CNC(C)C)(CC1)C(=O)C2. The van der Waals surface area contributed by atoms with Crippen LogP contribution in [-0.4, -0.2) is 31.1 Å². The van der Waals surface area contributed by atoms with E-state index in [0.717, 1.165) is 32.2 Å². The fourth-order valence-electron chi connectivity index (χ4n) is 3.07.